The first-order chi connectivity index (χ1) is 15.8. The molecule has 33 heavy (non-hydrogen) atoms. The van der Waals surface area contributed by atoms with Gasteiger partial charge in [0.15, 0.2) is 0 Å². The molecule has 0 aliphatic carbocycles. The molecule has 0 radical (unpaired) electrons. The van der Waals surface area contributed by atoms with E-state index in [0.717, 1.165) is 103 Å². The first kappa shape index (κ1) is 34.9. The van der Waals surface area contributed by atoms with E-state index in [1.165, 1.54) is 19.3 Å². The van der Waals surface area contributed by atoms with Gasteiger partial charge in [0.25, 0.3) is 0 Å². The second-order valence-corrected chi connectivity index (χ2v) is 10.2. The maximum Gasteiger partial charge on any atom is 0.399 e. The van der Waals surface area contributed by atoms with Gasteiger partial charge in [0, 0.05) is 6.61 Å². The van der Waals surface area contributed by atoms with Crippen molar-refractivity contribution in [3.8, 4) is 0 Å². The number of aliphatic hydroxyl groups is 3. The molecule has 0 aliphatic heterocycles. The molecule has 8 heteroatoms. The fourth-order valence-electron chi connectivity index (χ4n) is 3.55. The second kappa shape index (κ2) is 26.4. The van der Waals surface area contributed by atoms with E-state index in [0.29, 0.717) is 6.61 Å². The van der Waals surface area contributed by atoms with Crippen molar-refractivity contribution < 1.29 is 32.1 Å². The topological polar surface area (TPSA) is 113 Å². The van der Waals surface area contributed by atoms with Crippen molar-refractivity contribution in [2.75, 3.05) is 20.3 Å². The second-order valence-electron chi connectivity index (χ2n) is 8.83. The molecule has 7 nitrogen and oxygen atoms in total. The average Bonchev–Trinajstić information content (AvgIpc) is 2.78. The van der Waals surface area contributed by atoms with Gasteiger partial charge in [0.05, 0.1) is 25.9 Å². The van der Waals surface area contributed by atoms with Crippen LogP contribution >= 0.6 is 0 Å². The Morgan fingerprint density at radius 2 is 1.03 bits per heavy atom. The van der Waals surface area contributed by atoms with Crippen molar-refractivity contribution in [3.63, 3.8) is 0 Å². The van der Waals surface area contributed by atoms with Gasteiger partial charge in [-0.05, 0) is 38.5 Å². The normalized spacial score (nSPS) is 13.4. The molecule has 202 valence electrons. The Balaban J connectivity index is 0. The van der Waals surface area contributed by atoms with Crippen molar-refractivity contribution in [2.24, 2.45) is 0 Å². The van der Waals surface area contributed by atoms with E-state index < -0.39 is 10.4 Å². The Morgan fingerprint density at radius 1 is 0.636 bits per heavy atom. The zero-order valence-electron chi connectivity index (χ0n) is 21.7. The molecule has 2 unspecified atom stereocenters. The summed E-state index contributed by atoms with van der Waals surface area (Å²) in [6.07, 6.45) is 18.6. The molecule has 0 amide bonds. The van der Waals surface area contributed by atoms with Crippen LogP contribution in [0, 0.1) is 0 Å². The molecule has 0 aromatic carbocycles. The van der Waals surface area contributed by atoms with Crippen LogP contribution in [0.25, 0.3) is 0 Å². The lowest BCUT2D eigenvalue weighted by Crippen LogP contribution is -2.08. The highest BCUT2D eigenvalue weighted by Crippen LogP contribution is 2.12. The van der Waals surface area contributed by atoms with Crippen molar-refractivity contribution in [3.05, 3.63) is 0 Å². The molecule has 0 bridgehead atoms. The summed E-state index contributed by atoms with van der Waals surface area (Å²) in [5.74, 6) is 0. The number of unbranched alkanes of at least 4 members (excludes halogenated alkanes) is 10. The van der Waals surface area contributed by atoms with E-state index in [9.17, 15) is 18.6 Å². The molecule has 0 aromatic heterocycles. The third-order valence-corrected chi connectivity index (χ3v) is 6.42. The minimum absolute atomic E-state index is 0.0718. The molecule has 0 rings (SSSR count). The zero-order valence-corrected chi connectivity index (χ0v) is 22.5. The van der Waals surface area contributed by atoms with Crippen LogP contribution in [0.5, 0.6) is 0 Å². The van der Waals surface area contributed by atoms with Crippen molar-refractivity contribution >= 4 is 10.4 Å². The molecule has 0 aliphatic rings. The summed E-state index contributed by atoms with van der Waals surface area (Å²) < 4.78 is 30.4. The van der Waals surface area contributed by atoms with Gasteiger partial charge in [0.2, 0.25) is 0 Å². The van der Waals surface area contributed by atoms with Crippen molar-refractivity contribution in [2.45, 2.75) is 142 Å². The highest BCUT2D eigenvalue weighted by Gasteiger charge is 2.07. The highest BCUT2D eigenvalue weighted by molar-refractivity contribution is 7.81. The standard InChI is InChI=1S/C13H28O5S.C12H26O2/c1-3-10-13(14)11-8-6-4-5-7-9-12-18-19(15,16)17-2;1-2-9-12(14)10-7-5-3-4-6-8-11-13/h13-14H,3-12H2,1-2H3;12-14H,2-11H2,1H3. The van der Waals surface area contributed by atoms with Crippen LogP contribution in [0.4, 0.5) is 0 Å². The van der Waals surface area contributed by atoms with Crippen LogP contribution in [-0.4, -0.2) is 56.3 Å². The van der Waals surface area contributed by atoms with Crippen LogP contribution in [0.2, 0.25) is 0 Å². The first-order valence-corrected chi connectivity index (χ1v) is 14.6. The Kier molecular flexibility index (Phi) is 27.9. The summed E-state index contributed by atoms with van der Waals surface area (Å²) in [5, 5.41) is 27.6. The van der Waals surface area contributed by atoms with E-state index in [1.807, 2.05) is 0 Å². The van der Waals surface area contributed by atoms with Gasteiger partial charge in [-0.15, -0.1) is 0 Å². The average molecular weight is 499 g/mol. The van der Waals surface area contributed by atoms with E-state index >= 15 is 0 Å². The van der Waals surface area contributed by atoms with Crippen LogP contribution in [0.1, 0.15) is 129 Å². The molecule has 3 N–H and O–H groups in total. The molecular formula is C25H54O7S. The minimum Gasteiger partial charge on any atom is -0.396 e. The van der Waals surface area contributed by atoms with Gasteiger partial charge in [-0.3, -0.25) is 4.18 Å². The number of rotatable bonds is 23. The maximum atomic E-state index is 10.8. The van der Waals surface area contributed by atoms with E-state index in [-0.39, 0.29) is 18.8 Å². The summed E-state index contributed by atoms with van der Waals surface area (Å²) in [4.78, 5) is 0. The summed E-state index contributed by atoms with van der Waals surface area (Å²) in [5.41, 5.74) is 0. The van der Waals surface area contributed by atoms with Gasteiger partial charge in [-0.25, -0.2) is 4.18 Å². The minimum atomic E-state index is -3.76. The number of hydrogen-bond acceptors (Lipinski definition) is 7. The fraction of sp³-hybridized carbons (Fsp3) is 1.00. The van der Waals surface area contributed by atoms with Gasteiger partial charge < -0.3 is 15.3 Å². The van der Waals surface area contributed by atoms with Crippen LogP contribution in [0.15, 0.2) is 0 Å². The third-order valence-electron chi connectivity index (χ3n) is 5.55. The number of hydrogen-bond donors (Lipinski definition) is 3. The largest absolute Gasteiger partial charge is 0.399 e. The predicted octanol–water partition coefficient (Wildman–Crippen LogP) is 5.66. The van der Waals surface area contributed by atoms with E-state index in [2.05, 4.69) is 22.2 Å². The molecular weight excluding hydrogens is 444 g/mol. The Bertz CT molecular complexity index is 471. The van der Waals surface area contributed by atoms with Crippen LogP contribution < -0.4 is 0 Å². The first-order valence-electron chi connectivity index (χ1n) is 13.2. The molecule has 0 aromatic rings. The smallest absolute Gasteiger partial charge is 0.396 e. The molecule has 0 saturated heterocycles. The van der Waals surface area contributed by atoms with E-state index in [1.54, 1.807) is 0 Å². The lowest BCUT2D eigenvalue weighted by atomic mass is 10.0. The molecule has 0 fully saturated rings. The summed E-state index contributed by atoms with van der Waals surface area (Å²) >= 11 is 0. The maximum absolute atomic E-state index is 10.8. The SMILES string of the molecule is CCCC(O)CCCCCCCCO.CCCC(O)CCCCCCCCOS(=O)(=O)OC. The lowest BCUT2D eigenvalue weighted by molar-refractivity contribution is 0.149. The summed E-state index contributed by atoms with van der Waals surface area (Å²) in [6.45, 7) is 4.70. The van der Waals surface area contributed by atoms with E-state index in [4.69, 9.17) is 5.11 Å². The zero-order chi connectivity index (χ0) is 25.2. The number of aliphatic hydroxyl groups excluding tert-OH is 3. The fourth-order valence-corrected chi connectivity index (χ4v) is 3.97. The predicted molar refractivity (Wildman–Crippen MR) is 135 cm³/mol. The summed E-state index contributed by atoms with van der Waals surface area (Å²) in [6, 6.07) is 0. The molecule has 0 spiro atoms. The quantitative estimate of drug-likeness (QED) is 0.156. The lowest BCUT2D eigenvalue weighted by Gasteiger charge is -2.08. The third kappa shape index (κ3) is 29.7. The molecule has 0 saturated carbocycles. The van der Waals surface area contributed by atoms with Gasteiger partial charge >= 0.3 is 10.4 Å². The van der Waals surface area contributed by atoms with Gasteiger partial charge in [-0.1, -0.05) is 90.9 Å². The summed E-state index contributed by atoms with van der Waals surface area (Å²) in [7, 11) is -2.68. The van der Waals surface area contributed by atoms with Crippen molar-refractivity contribution in [1.29, 1.82) is 0 Å². The van der Waals surface area contributed by atoms with Gasteiger partial charge in [-0.2, -0.15) is 8.42 Å². The van der Waals surface area contributed by atoms with Crippen LogP contribution in [-0.2, 0) is 18.8 Å². The van der Waals surface area contributed by atoms with Gasteiger partial charge in [0.1, 0.15) is 0 Å². The Labute approximate surface area is 204 Å². The van der Waals surface area contributed by atoms with Crippen LogP contribution in [0.3, 0.4) is 0 Å². The Hall–Kier alpha value is -0.250. The van der Waals surface area contributed by atoms with Crippen molar-refractivity contribution in [1.82, 2.24) is 0 Å². The monoisotopic (exact) mass is 498 g/mol. The Morgan fingerprint density at radius 3 is 1.42 bits per heavy atom. The highest BCUT2D eigenvalue weighted by atomic mass is 32.3. The molecule has 0 heterocycles. The molecule has 2 atom stereocenters.